The fourth-order valence-electron chi connectivity index (χ4n) is 2.49. The average molecular weight is 353 g/mol. The van der Waals surface area contributed by atoms with E-state index < -0.39 is 0 Å². The van der Waals surface area contributed by atoms with Crippen molar-refractivity contribution in [2.45, 2.75) is 6.54 Å². The molecule has 22 heavy (non-hydrogen) atoms. The maximum Gasteiger partial charge on any atom is 0.203 e. The van der Waals surface area contributed by atoms with E-state index in [2.05, 4.69) is 16.8 Å². The first kappa shape index (κ1) is 21.1. The van der Waals surface area contributed by atoms with Gasteiger partial charge in [-0.25, -0.2) is 0 Å². The Morgan fingerprint density at radius 3 is 1.77 bits per heavy atom. The summed E-state index contributed by atoms with van der Waals surface area (Å²) in [5, 5.41) is 0. The topological polar surface area (TPSA) is 34.2 Å². The summed E-state index contributed by atoms with van der Waals surface area (Å²) in [6.45, 7) is 5.32. The molecule has 1 fully saturated rings. The lowest BCUT2D eigenvalue weighted by atomic mass is 10.1. The molecule has 0 aromatic heterocycles. The zero-order valence-electron chi connectivity index (χ0n) is 13.6. The Balaban J connectivity index is 0.00000220. The zero-order chi connectivity index (χ0) is 14.5. The SMILES string of the molecule is COc1cc(CN2CCN(C)CC2)cc(OC)c1OC.Cl.Cl. The van der Waals surface area contributed by atoms with Crippen molar-refractivity contribution in [2.75, 3.05) is 54.6 Å². The molecule has 0 amide bonds. The van der Waals surface area contributed by atoms with Crippen LogP contribution in [0.1, 0.15) is 5.56 Å². The van der Waals surface area contributed by atoms with E-state index in [4.69, 9.17) is 14.2 Å². The number of rotatable bonds is 5. The summed E-state index contributed by atoms with van der Waals surface area (Å²) >= 11 is 0. The molecule has 0 radical (unpaired) electrons. The summed E-state index contributed by atoms with van der Waals surface area (Å²) in [5.74, 6) is 2.09. The van der Waals surface area contributed by atoms with Gasteiger partial charge in [-0.15, -0.1) is 24.8 Å². The van der Waals surface area contributed by atoms with Crippen molar-refractivity contribution < 1.29 is 14.2 Å². The molecule has 0 saturated carbocycles. The number of likely N-dealkylation sites (N-methyl/N-ethyl adjacent to an activating group) is 1. The van der Waals surface area contributed by atoms with Gasteiger partial charge in [0.25, 0.3) is 0 Å². The molecule has 1 aromatic rings. The Labute approximate surface area is 145 Å². The number of benzene rings is 1. The molecule has 0 N–H and O–H groups in total. The first-order chi connectivity index (χ1) is 9.67. The summed E-state index contributed by atoms with van der Waals surface area (Å²) < 4.78 is 16.1. The van der Waals surface area contributed by atoms with Gasteiger partial charge >= 0.3 is 0 Å². The van der Waals surface area contributed by atoms with Gasteiger partial charge in [0.1, 0.15) is 0 Å². The highest BCUT2D eigenvalue weighted by Crippen LogP contribution is 2.38. The van der Waals surface area contributed by atoms with Crippen LogP contribution in [0.5, 0.6) is 17.2 Å². The molecule has 128 valence electrons. The summed E-state index contributed by atoms with van der Waals surface area (Å²) in [7, 11) is 7.09. The third-order valence-corrected chi connectivity index (χ3v) is 3.73. The second-order valence-electron chi connectivity index (χ2n) is 5.11. The van der Waals surface area contributed by atoms with E-state index in [0.717, 1.165) is 44.2 Å². The van der Waals surface area contributed by atoms with Crippen molar-refractivity contribution >= 4 is 24.8 Å². The van der Waals surface area contributed by atoms with Gasteiger partial charge in [0.15, 0.2) is 11.5 Å². The molecule has 1 aromatic carbocycles. The van der Waals surface area contributed by atoms with Gasteiger partial charge < -0.3 is 19.1 Å². The third kappa shape index (κ3) is 5.09. The molecular formula is C15H26Cl2N2O3. The van der Waals surface area contributed by atoms with Crippen LogP contribution >= 0.6 is 24.8 Å². The van der Waals surface area contributed by atoms with Crippen molar-refractivity contribution in [2.24, 2.45) is 0 Å². The standard InChI is InChI=1S/C15H24N2O3.2ClH/c1-16-5-7-17(8-6-16)11-12-9-13(18-2)15(20-4)14(10-12)19-3;;/h9-10H,5-8,11H2,1-4H3;2*1H. The minimum atomic E-state index is 0. The van der Waals surface area contributed by atoms with Gasteiger partial charge in [0.2, 0.25) is 5.75 Å². The first-order valence-corrected chi connectivity index (χ1v) is 6.87. The quantitative estimate of drug-likeness (QED) is 0.812. The van der Waals surface area contributed by atoms with Crippen LogP contribution in [-0.2, 0) is 6.54 Å². The highest BCUT2D eigenvalue weighted by Gasteiger charge is 2.17. The minimum absolute atomic E-state index is 0. The van der Waals surface area contributed by atoms with Crippen molar-refractivity contribution in [3.05, 3.63) is 17.7 Å². The molecule has 0 unspecified atom stereocenters. The molecular weight excluding hydrogens is 327 g/mol. The molecule has 1 aliphatic rings. The van der Waals surface area contributed by atoms with Gasteiger partial charge in [-0.2, -0.15) is 0 Å². The zero-order valence-corrected chi connectivity index (χ0v) is 15.3. The molecule has 5 nitrogen and oxygen atoms in total. The maximum absolute atomic E-state index is 5.39. The van der Waals surface area contributed by atoms with Crippen LogP contribution in [0.4, 0.5) is 0 Å². The number of methoxy groups -OCH3 is 3. The fraction of sp³-hybridized carbons (Fsp3) is 0.600. The van der Waals surface area contributed by atoms with Crippen molar-refractivity contribution in [1.82, 2.24) is 9.80 Å². The van der Waals surface area contributed by atoms with E-state index in [1.807, 2.05) is 12.1 Å². The van der Waals surface area contributed by atoms with E-state index in [0.29, 0.717) is 5.75 Å². The Morgan fingerprint density at radius 1 is 0.864 bits per heavy atom. The number of nitrogens with zero attached hydrogens (tertiary/aromatic N) is 2. The molecule has 0 bridgehead atoms. The van der Waals surface area contributed by atoms with Gasteiger partial charge in [0, 0.05) is 32.7 Å². The lowest BCUT2D eigenvalue weighted by Crippen LogP contribution is -2.43. The van der Waals surface area contributed by atoms with Crippen LogP contribution in [0.2, 0.25) is 0 Å². The second kappa shape index (κ2) is 10.0. The van der Waals surface area contributed by atoms with Gasteiger partial charge in [-0.05, 0) is 24.7 Å². The Bertz CT molecular complexity index is 427. The second-order valence-corrected chi connectivity index (χ2v) is 5.11. The molecule has 2 rings (SSSR count). The molecule has 0 atom stereocenters. The van der Waals surface area contributed by atoms with Gasteiger partial charge in [0.05, 0.1) is 21.3 Å². The summed E-state index contributed by atoms with van der Waals surface area (Å²) in [6, 6.07) is 4.05. The van der Waals surface area contributed by atoms with Crippen LogP contribution in [0, 0.1) is 0 Å². The van der Waals surface area contributed by atoms with Crippen molar-refractivity contribution in [3.8, 4) is 17.2 Å². The summed E-state index contributed by atoms with van der Waals surface area (Å²) in [5.41, 5.74) is 1.18. The van der Waals surface area contributed by atoms with E-state index in [9.17, 15) is 0 Å². The monoisotopic (exact) mass is 352 g/mol. The highest BCUT2D eigenvalue weighted by molar-refractivity contribution is 5.85. The number of hydrogen-bond donors (Lipinski definition) is 0. The third-order valence-electron chi connectivity index (χ3n) is 3.73. The summed E-state index contributed by atoms with van der Waals surface area (Å²) in [6.07, 6.45) is 0. The van der Waals surface area contributed by atoms with Gasteiger partial charge in [-0.1, -0.05) is 0 Å². The predicted octanol–water partition coefficient (Wildman–Crippen LogP) is 2.30. The van der Waals surface area contributed by atoms with Crippen molar-refractivity contribution in [1.29, 1.82) is 0 Å². The number of hydrogen-bond acceptors (Lipinski definition) is 5. The van der Waals surface area contributed by atoms with Crippen LogP contribution in [0.15, 0.2) is 12.1 Å². The molecule has 7 heteroatoms. The lowest BCUT2D eigenvalue weighted by molar-refractivity contribution is 0.148. The van der Waals surface area contributed by atoms with Gasteiger partial charge in [-0.3, -0.25) is 4.90 Å². The Kier molecular flexibility index (Phi) is 9.60. The van der Waals surface area contributed by atoms with Crippen LogP contribution in [0.25, 0.3) is 0 Å². The molecule has 1 heterocycles. The molecule has 0 spiro atoms. The highest BCUT2D eigenvalue weighted by atomic mass is 35.5. The van der Waals surface area contributed by atoms with Crippen LogP contribution < -0.4 is 14.2 Å². The van der Waals surface area contributed by atoms with Crippen LogP contribution in [-0.4, -0.2) is 64.4 Å². The van der Waals surface area contributed by atoms with E-state index in [1.165, 1.54) is 5.56 Å². The molecule has 1 aliphatic heterocycles. The van der Waals surface area contributed by atoms with E-state index >= 15 is 0 Å². The first-order valence-electron chi connectivity index (χ1n) is 6.87. The van der Waals surface area contributed by atoms with Crippen LogP contribution in [0.3, 0.4) is 0 Å². The number of ether oxygens (including phenoxy) is 3. The average Bonchev–Trinajstić information content (AvgIpc) is 2.48. The largest absolute Gasteiger partial charge is 0.493 e. The Hall–Kier alpha value is -0.880. The van der Waals surface area contributed by atoms with E-state index in [-0.39, 0.29) is 24.8 Å². The smallest absolute Gasteiger partial charge is 0.203 e. The Morgan fingerprint density at radius 2 is 1.36 bits per heavy atom. The normalized spacial score (nSPS) is 15.5. The lowest BCUT2D eigenvalue weighted by Gasteiger charge is -2.32. The summed E-state index contributed by atoms with van der Waals surface area (Å²) in [4.78, 5) is 4.80. The minimum Gasteiger partial charge on any atom is -0.493 e. The number of piperazine rings is 1. The van der Waals surface area contributed by atoms with Crippen molar-refractivity contribution in [3.63, 3.8) is 0 Å². The number of halogens is 2. The maximum atomic E-state index is 5.39. The van der Waals surface area contributed by atoms with E-state index in [1.54, 1.807) is 21.3 Å². The fourth-order valence-corrected chi connectivity index (χ4v) is 2.49. The molecule has 0 aliphatic carbocycles. The predicted molar refractivity (Wildman–Crippen MR) is 93.4 cm³/mol. The molecule has 1 saturated heterocycles.